The molecule has 0 saturated heterocycles. The van der Waals surface area contributed by atoms with Crippen LogP contribution >= 0.6 is 11.6 Å². The van der Waals surface area contributed by atoms with Crippen molar-refractivity contribution in [1.82, 2.24) is 0 Å². The number of rotatable bonds is 16. The number of hydrogen-bond acceptors (Lipinski definition) is 5. The summed E-state index contributed by atoms with van der Waals surface area (Å²) in [5, 5.41) is 11.1. The van der Waals surface area contributed by atoms with Crippen LogP contribution in [0.3, 0.4) is 0 Å². The van der Waals surface area contributed by atoms with E-state index in [1.807, 2.05) is 36.4 Å². The zero-order chi connectivity index (χ0) is 28.7. The third kappa shape index (κ3) is 10.0. The Bertz CT molecular complexity index is 1420. The lowest BCUT2D eigenvalue weighted by molar-refractivity contribution is 0.0735. The largest absolute Gasteiger partial charge is 0.494 e. The van der Waals surface area contributed by atoms with Gasteiger partial charge in [0.2, 0.25) is 0 Å². The van der Waals surface area contributed by atoms with E-state index in [0.29, 0.717) is 17.9 Å². The van der Waals surface area contributed by atoms with Crippen LogP contribution < -0.4 is 9.47 Å². The molecule has 0 fully saturated rings. The van der Waals surface area contributed by atoms with E-state index in [-0.39, 0.29) is 10.8 Å². The fourth-order valence-electron chi connectivity index (χ4n) is 4.61. The molecule has 5 nitrogen and oxygen atoms in total. The Balaban J connectivity index is 1.18. The summed E-state index contributed by atoms with van der Waals surface area (Å²) in [5.74, 6) is 0.526. The Hall–Kier alpha value is -3.70. The van der Waals surface area contributed by atoms with Crippen LogP contribution in [0.5, 0.6) is 11.5 Å². The second-order valence-electron chi connectivity index (χ2n) is 10.3. The molecule has 0 aliphatic rings. The van der Waals surface area contributed by atoms with E-state index >= 15 is 0 Å². The zero-order valence-electron chi connectivity index (χ0n) is 23.9. The summed E-state index contributed by atoms with van der Waals surface area (Å²) in [4.78, 5) is 12.7. The normalized spacial score (nSPS) is 11.3. The summed E-state index contributed by atoms with van der Waals surface area (Å²) in [6.45, 7) is 2.94. The van der Waals surface area contributed by atoms with E-state index in [2.05, 4.69) is 23.2 Å². The van der Waals surface area contributed by atoms with E-state index in [1.54, 1.807) is 42.5 Å². The van der Waals surface area contributed by atoms with Crippen molar-refractivity contribution in [2.45, 2.75) is 71.1 Å². The van der Waals surface area contributed by atoms with Gasteiger partial charge >= 0.3 is 5.97 Å². The summed E-state index contributed by atoms with van der Waals surface area (Å²) in [5.41, 5.74) is 1.73. The third-order valence-corrected chi connectivity index (χ3v) is 7.28. The second kappa shape index (κ2) is 16.5. The van der Waals surface area contributed by atoms with Gasteiger partial charge in [-0.15, -0.1) is 0 Å². The SMILES string of the molecule is CCCCCCCCCCCCOc1ccc(C(=O)Oc2ccc(N=Nc3ccc4ccccc4c3)cc2Cl)cc1. The number of ether oxygens (including phenoxy) is 2. The molecule has 0 unspecified atom stereocenters. The van der Waals surface area contributed by atoms with E-state index in [0.717, 1.165) is 28.6 Å². The molecule has 4 aromatic rings. The first kappa shape index (κ1) is 30.3. The highest BCUT2D eigenvalue weighted by atomic mass is 35.5. The van der Waals surface area contributed by atoms with Crippen molar-refractivity contribution in [2.24, 2.45) is 10.2 Å². The molecule has 0 amide bonds. The number of benzene rings is 4. The van der Waals surface area contributed by atoms with Crippen molar-refractivity contribution in [2.75, 3.05) is 6.61 Å². The highest BCUT2D eigenvalue weighted by Gasteiger charge is 2.12. The lowest BCUT2D eigenvalue weighted by Gasteiger charge is -2.09. The fourth-order valence-corrected chi connectivity index (χ4v) is 4.83. The van der Waals surface area contributed by atoms with Crippen LogP contribution in [0.2, 0.25) is 5.02 Å². The van der Waals surface area contributed by atoms with Crippen molar-refractivity contribution in [1.29, 1.82) is 0 Å². The van der Waals surface area contributed by atoms with Crippen molar-refractivity contribution in [3.05, 3.63) is 95.5 Å². The van der Waals surface area contributed by atoms with E-state index in [9.17, 15) is 4.79 Å². The molecule has 0 aromatic heterocycles. The van der Waals surface area contributed by atoms with E-state index < -0.39 is 5.97 Å². The molecule has 0 spiro atoms. The lowest BCUT2D eigenvalue weighted by atomic mass is 10.1. The van der Waals surface area contributed by atoms with Gasteiger partial charge in [0.05, 0.1) is 28.6 Å². The average molecular weight is 571 g/mol. The summed E-state index contributed by atoms with van der Waals surface area (Å²) in [6.07, 6.45) is 12.9. The Labute approximate surface area is 248 Å². The fraction of sp³-hybridized carbons (Fsp3) is 0.343. The second-order valence-corrected chi connectivity index (χ2v) is 10.7. The van der Waals surface area contributed by atoms with Crippen LogP contribution in [0.1, 0.15) is 81.5 Å². The number of carbonyl (C=O) groups is 1. The van der Waals surface area contributed by atoms with Gasteiger partial charge in [-0.2, -0.15) is 10.2 Å². The van der Waals surface area contributed by atoms with Crippen molar-refractivity contribution >= 4 is 39.7 Å². The standard InChI is InChI=1S/C35H39ClN2O3/c1-2-3-4-5-6-7-8-9-10-13-24-40-32-21-17-28(18-22-32)35(39)41-34-23-20-31(26-33(34)36)38-37-30-19-16-27-14-11-12-15-29(27)25-30/h11-12,14-23,25-26H,2-10,13,24H2,1H3. The molecular weight excluding hydrogens is 532 g/mol. The summed E-state index contributed by atoms with van der Waals surface area (Å²) < 4.78 is 11.4. The van der Waals surface area contributed by atoms with Crippen LogP contribution in [-0.2, 0) is 0 Å². The number of fused-ring (bicyclic) bond motifs is 1. The summed E-state index contributed by atoms with van der Waals surface area (Å²) >= 11 is 6.38. The first-order chi connectivity index (χ1) is 20.1. The Morgan fingerprint density at radius 1 is 0.683 bits per heavy atom. The van der Waals surface area contributed by atoms with Gasteiger partial charge in [-0.25, -0.2) is 4.79 Å². The van der Waals surface area contributed by atoms with Gasteiger partial charge in [-0.05, 0) is 71.8 Å². The van der Waals surface area contributed by atoms with Gasteiger partial charge in [-0.3, -0.25) is 0 Å². The monoisotopic (exact) mass is 570 g/mol. The molecule has 0 atom stereocenters. The van der Waals surface area contributed by atoms with Crippen LogP contribution in [0.25, 0.3) is 10.8 Å². The molecule has 4 aromatic carbocycles. The van der Waals surface area contributed by atoms with Gasteiger partial charge in [0.25, 0.3) is 0 Å². The molecule has 0 aliphatic heterocycles. The maximum Gasteiger partial charge on any atom is 0.343 e. The van der Waals surface area contributed by atoms with Crippen LogP contribution in [0.4, 0.5) is 11.4 Å². The Kier molecular flexibility index (Phi) is 12.2. The molecule has 41 heavy (non-hydrogen) atoms. The van der Waals surface area contributed by atoms with E-state index in [4.69, 9.17) is 21.1 Å². The van der Waals surface area contributed by atoms with Gasteiger partial charge in [0.1, 0.15) is 11.5 Å². The number of nitrogens with zero attached hydrogens (tertiary/aromatic N) is 2. The minimum Gasteiger partial charge on any atom is -0.494 e. The Morgan fingerprint density at radius 3 is 1.98 bits per heavy atom. The molecule has 0 radical (unpaired) electrons. The number of carbonyl (C=O) groups excluding carboxylic acids is 1. The first-order valence-corrected chi connectivity index (χ1v) is 15.2. The lowest BCUT2D eigenvalue weighted by Crippen LogP contribution is -2.08. The van der Waals surface area contributed by atoms with Gasteiger partial charge < -0.3 is 9.47 Å². The number of azo groups is 1. The summed E-state index contributed by atoms with van der Waals surface area (Å²) in [6, 6.07) is 25.9. The molecule has 6 heteroatoms. The number of hydrogen-bond donors (Lipinski definition) is 0. The molecule has 4 rings (SSSR count). The molecule has 0 saturated carbocycles. The minimum atomic E-state index is -0.487. The minimum absolute atomic E-state index is 0.266. The predicted molar refractivity (Wildman–Crippen MR) is 168 cm³/mol. The van der Waals surface area contributed by atoms with Crippen LogP contribution in [0.15, 0.2) is 95.2 Å². The predicted octanol–water partition coefficient (Wildman–Crippen LogP) is 11.4. The van der Waals surface area contributed by atoms with Crippen molar-refractivity contribution in [3.63, 3.8) is 0 Å². The molecule has 0 N–H and O–H groups in total. The van der Waals surface area contributed by atoms with Gasteiger partial charge in [0.15, 0.2) is 0 Å². The maximum absolute atomic E-state index is 12.7. The Morgan fingerprint density at radius 2 is 1.29 bits per heavy atom. The maximum atomic E-state index is 12.7. The van der Waals surface area contributed by atoms with E-state index in [1.165, 1.54) is 57.8 Å². The molecule has 0 heterocycles. The zero-order valence-corrected chi connectivity index (χ0v) is 24.6. The summed E-state index contributed by atoms with van der Waals surface area (Å²) in [7, 11) is 0. The highest BCUT2D eigenvalue weighted by Crippen LogP contribution is 2.31. The quantitative estimate of drug-likeness (QED) is 0.0582. The smallest absolute Gasteiger partial charge is 0.343 e. The van der Waals surface area contributed by atoms with Crippen molar-refractivity contribution in [3.8, 4) is 11.5 Å². The van der Waals surface area contributed by atoms with Crippen LogP contribution in [-0.4, -0.2) is 12.6 Å². The number of esters is 1. The molecule has 0 bridgehead atoms. The third-order valence-electron chi connectivity index (χ3n) is 6.99. The van der Waals surface area contributed by atoms with Gasteiger partial charge in [0, 0.05) is 0 Å². The topological polar surface area (TPSA) is 60.2 Å². The van der Waals surface area contributed by atoms with Crippen LogP contribution in [0, 0.1) is 0 Å². The number of halogens is 1. The van der Waals surface area contributed by atoms with Gasteiger partial charge in [-0.1, -0.05) is 107 Å². The average Bonchev–Trinajstić information content (AvgIpc) is 3.00. The number of unbranched alkanes of at least 4 members (excludes halogenated alkanes) is 9. The molecule has 214 valence electrons. The van der Waals surface area contributed by atoms with Crippen molar-refractivity contribution < 1.29 is 14.3 Å². The molecular formula is C35H39ClN2O3. The highest BCUT2D eigenvalue weighted by molar-refractivity contribution is 6.32. The first-order valence-electron chi connectivity index (χ1n) is 14.8. The molecule has 0 aliphatic carbocycles.